The summed E-state index contributed by atoms with van der Waals surface area (Å²) < 4.78 is 7.33. The van der Waals surface area contributed by atoms with Crippen molar-refractivity contribution in [3.05, 3.63) is 77.9 Å². The molecule has 1 aliphatic rings. The van der Waals surface area contributed by atoms with Crippen LogP contribution in [0.4, 0.5) is 0 Å². The lowest BCUT2D eigenvalue weighted by Gasteiger charge is -2.38. The summed E-state index contributed by atoms with van der Waals surface area (Å²) >= 11 is 1.64. The number of para-hydroxylation sites is 2. The number of thiazole rings is 1. The van der Waals surface area contributed by atoms with E-state index in [0.717, 1.165) is 44.8 Å². The van der Waals surface area contributed by atoms with Crippen molar-refractivity contribution in [2.24, 2.45) is 5.73 Å². The van der Waals surface area contributed by atoms with Crippen LogP contribution in [0.1, 0.15) is 37.3 Å². The van der Waals surface area contributed by atoms with Gasteiger partial charge in [0.05, 0.1) is 10.2 Å². The second-order valence-electron chi connectivity index (χ2n) is 7.67. The Balaban J connectivity index is 1.72. The molecule has 1 atom stereocenters. The van der Waals surface area contributed by atoms with Crippen LogP contribution in [0, 0.1) is 0 Å². The summed E-state index contributed by atoms with van der Waals surface area (Å²) in [6.45, 7) is 2.12. The number of nitrogens with zero attached hydrogens (tertiary/aromatic N) is 1. The summed E-state index contributed by atoms with van der Waals surface area (Å²) in [5.41, 5.74) is 8.83. The lowest BCUT2D eigenvalue weighted by molar-refractivity contribution is -0.122. The van der Waals surface area contributed by atoms with Crippen molar-refractivity contribution in [1.29, 1.82) is 0 Å². The van der Waals surface area contributed by atoms with Crippen LogP contribution in [-0.4, -0.2) is 10.9 Å². The Kier molecular flexibility index (Phi) is 4.55. The third-order valence-electron chi connectivity index (χ3n) is 5.87. The number of benzene rings is 3. The van der Waals surface area contributed by atoms with Crippen molar-refractivity contribution in [2.45, 2.75) is 31.6 Å². The van der Waals surface area contributed by atoms with Gasteiger partial charge in [0, 0.05) is 16.7 Å². The molecule has 2 N–H and O–H groups in total. The molecule has 0 saturated carbocycles. The van der Waals surface area contributed by atoms with Gasteiger partial charge in [-0.15, -0.1) is 11.3 Å². The molecule has 1 aliphatic heterocycles. The van der Waals surface area contributed by atoms with Crippen LogP contribution in [0.15, 0.2) is 66.7 Å². The van der Waals surface area contributed by atoms with E-state index >= 15 is 0 Å². The number of hydrogen-bond acceptors (Lipinski definition) is 4. The number of amides is 1. The number of fused-ring (bicyclic) bond motifs is 3. The van der Waals surface area contributed by atoms with Gasteiger partial charge in [-0.1, -0.05) is 50.1 Å². The van der Waals surface area contributed by atoms with Crippen molar-refractivity contribution in [3.63, 3.8) is 0 Å². The minimum Gasteiger partial charge on any atom is -0.457 e. The Morgan fingerprint density at radius 1 is 1.03 bits per heavy atom. The summed E-state index contributed by atoms with van der Waals surface area (Å²) in [5.74, 6) is 1.05. The minimum atomic E-state index is -0.910. The van der Waals surface area contributed by atoms with Gasteiger partial charge in [0.1, 0.15) is 21.9 Å². The minimum absolute atomic E-state index is 0.339. The van der Waals surface area contributed by atoms with Gasteiger partial charge in [0.15, 0.2) is 0 Å². The van der Waals surface area contributed by atoms with Gasteiger partial charge in [0.2, 0.25) is 5.91 Å². The fourth-order valence-electron chi connectivity index (χ4n) is 4.35. The van der Waals surface area contributed by atoms with Gasteiger partial charge in [0.25, 0.3) is 0 Å². The number of rotatable bonds is 5. The normalized spacial score (nSPS) is 17.2. The largest absolute Gasteiger partial charge is 0.457 e. The summed E-state index contributed by atoms with van der Waals surface area (Å²) in [7, 11) is 0. The topological polar surface area (TPSA) is 65.2 Å². The second-order valence-corrected chi connectivity index (χ2v) is 8.70. The van der Waals surface area contributed by atoms with E-state index in [4.69, 9.17) is 15.5 Å². The lowest BCUT2D eigenvalue weighted by atomic mass is 9.68. The molecule has 0 bridgehead atoms. The highest BCUT2D eigenvalue weighted by Gasteiger charge is 2.46. The second kappa shape index (κ2) is 7.26. The molecule has 0 aliphatic carbocycles. The van der Waals surface area contributed by atoms with Crippen molar-refractivity contribution in [1.82, 2.24) is 4.98 Å². The lowest BCUT2D eigenvalue weighted by Crippen LogP contribution is -2.44. The summed E-state index contributed by atoms with van der Waals surface area (Å²) in [6.07, 6.45) is 2.52. The SMILES string of the molecule is CCCCC1(C(N)=O)c2ccccc2Oc2ccc(-c3nc4ccccc4s3)cc21. The molecular weight excluding hydrogens is 392 g/mol. The van der Waals surface area contributed by atoms with E-state index < -0.39 is 5.41 Å². The van der Waals surface area contributed by atoms with Crippen molar-refractivity contribution in [3.8, 4) is 22.1 Å². The van der Waals surface area contributed by atoms with Crippen LogP contribution < -0.4 is 10.5 Å². The monoisotopic (exact) mass is 414 g/mol. The van der Waals surface area contributed by atoms with E-state index in [9.17, 15) is 4.79 Å². The third-order valence-corrected chi connectivity index (χ3v) is 6.96. The van der Waals surface area contributed by atoms with Crippen LogP contribution >= 0.6 is 11.3 Å². The molecule has 150 valence electrons. The summed E-state index contributed by atoms with van der Waals surface area (Å²) in [5, 5.41) is 0.923. The maximum Gasteiger partial charge on any atom is 0.232 e. The van der Waals surface area contributed by atoms with Crippen LogP contribution in [0.5, 0.6) is 11.5 Å². The van der Waals surface area contributed by atoms with E-state index in [1.54, 1.807) is 11.3 Å². The van der Waals surface area contributed by atoms with Crippen molar-refractivity contribution < 1.29 is 9.53 Å². The highest BCUT2D eigenvalue weighted by Crippen LogP contribution is 2.51. The highest BCUT2D eigenvalue weighted by molar-refractivity contribution is 7.21. The van der Waals surface area contributed by atoms with Gasteiger partial charge in [-0.25, -0.2) is 4.98 Å². The molecule has 1 amide bonds. The zero-order valence-electron chi connectivity index (χ0n) is 16.7. The van der Waals surface area contributed by atoms with Crippen LogP contribution in [0.25, 0.3) is 20.8 Å². The standard InChI is InChI=1S/C25H22N2O2S/c1-2-3-14-25(24(26)28)17-8-4-6-10-20(17)29-21-13-12-16(15-18(21)25)23-27-19-9-5-7-11-22(19)30-23/h4-13,15H,2-3,14H2,1H3,(H2,26,28). The van der Waals surface area contributed by atoms with Crippen LogP contribution in [-0.2, 0) is 10.2 Å². The van der Waals surface area contributed by atoms with E-state index in [2.05, 4.69) is 13.0 Å². The molecule has 0 radical (unpaired) electrons. The molecule has 5 heteroatoms. The van der Waals surface area contributed by atoms with E-state index in [0.29, 0.717) is 17.9 Å². The average Bonchev–Trinajstić information content (AvgIpc) is 3.20. The quantitative estimate of drug-likeness (QED) is 0.433. The molecule has 2 heterocycles. The first-order valence-electron chi connectivity index (χ1n) is 10.2. The molecule has 0 spiro atoms. The Morgan fingerprint density at radius 3 is 2.60 bits per heavy atom. The van der Waals surface area contributed by atoms with Gasteiger partial charge >= 0.3 is 0 Å². The third kappa shape index (κ3) is 2.81. The van der Waals surface area contributed by atoms with E-state index in [1.165, 1.54) is 0 Å². The first-order valence-corrected chi connectivity index (χ1v) is 11.0. The van der Waals surface area contributed by atoms with Gasteiger partial charge in [-0.2, -0.15) is 0 Å². The Labute approximate surface area is 179 Å². The van der Waals surface area contributed by atoms with Gasteiger partial charge < -0.3 is 10.5 Å². The number of hydrogen-bond donors (Lipinski definition) is 1. The average molecular weight is 415 g/mol. The van der Waals surface area contributed by atoms with Gasteiger partial charge in [-0.05, 0) is 42.8 Å². The first-order chi connectivity index (χ1) is 14.6. The summed E-state index contributed by atoms with van der Waals surface area (Å²) in [6, 6.07) is 21.8. The summed E-state index contributed by atoms with van der Waals surface area (Å²) in [4.78, 5) is 17.8. The van der Waals surface area contributed by atoms with Crippen molar-refractivity contribution in [2.75, 3.05) is 0 Å². The molecule has 3 aromatic carbocycles. The molecule has 1 aromatic heterocycles. The zero-order valence-corrected chi connectivity index (χ0v) is 17.5. The van der Waals surface area contributed by atoms with E-state index in [-0.39, 0.29) is 5.91 Å². The predicted octanol–water partition coefficient (Wildman–Crippen LogP) is 6.03. The smallest absolute Gasteiger partial charge is 0.232 e. The fourth-order valence-corrected chi connectivity index (χ4v) is 5.31. The highest BCUT2D eigenvalue weighted by atomic mass is 32.1. The number of aromatic nitrogens is 1. The van der Waals surface area contributed by atoms with Gasteiger partial charge in [-0.3, -0.25) is 4.79 Å². The molecule has 30 heavy (non-hydrogen) atoms. The molecule has 0 saturated heterocycles. The zero-order chi connectivity index (χ0) is 20.7. The molecular formula is C25H22N2O2S. The Morgan fingerprint density at radius 2 is 1.80 bits per heavy atom. The molecule has 5 rings (SSSR count). The fraction of sp³-hybridized carbons (Fsp3) is 0.200. The number of primary amides is 1. The molecule has 4 aromatic rings. The van der Waals surface area contributed by atoms with Crippen molar-refractivity contribution >= 4 is 27.5 Å². The maximum absolute atomic E-state index is 13.0. The molecule has 1 unspecified atom stereocenters. The first kappa shape index (κ1) is 18.8. The number of carbonyl (C=O) groups excluding carboxylic acids is 1. The number of ether oxygens (including phenoxy) is 1. The van der Waals surface area contributed by atoms with Crippen LogP contribution in [0.2, 0.25) is 0 Å². The van der Waals surface area contributed by atoms with Crippen LogP contribution in [0.3, 0.4) is 0 Å². The molecule has 4 nitrogen and oxygen atoms in total. The van der Waals surface area contributed by atoms with E-state index in [1.807, 2.05) is 60.7 Å². The predicted molar refractivity (Wildman–Crippen MR) is 121 cm³/mol. The Hall–Kier alpha value is -3.18. The maximum atomic E-state index is 13.0. The number of unbranched alkanes of at least 4 members (excludes halogenated alkanes) is 1. The number of nitrogens with two attached hydrogens (primary N) is 1. The Bertz CT molecular complexity index is 1230. The number of carbonyl (C=O) groups is 1. The molecule has 0 fully saturated rings.